The molecular weight excluding hydrogens is 397 g/mol. The van der Waals surface area contributed by atoms with Gasteiger partial charge in [-0.3, -0.25) is 4.72 Å². The van der Waals surface area contributed by atoms with E-state index in [9.17, 15) is 8.42 Å². The lowest BCUT2D eigenvalue weighted by atomic mass is 10.1. The zero-order valence-electron chi connectivity index (χ0n) is 11.8. The van der Waals surface area contributed by atoms with Crippen LogP contribution in [-0.2, 0) is 16.4 Å². The zero-order chi connectivity index (χ0) is 15.3. The third-order valence-electron chi connectivity index (χ3n) is 3.15. The fourth-order valence-corrected chi connectivity index (χ4v) is 3.37. The van der Waals surface area contributed by atoms with Crippen molar-refractivity contribution in [2.24, 2.45) is 0 Å². The van der Waals surface area contributed by atoms with Crippen LogP contribution in [0.15, 0.2) is 53.4 Å². The molecule has 0 amide bonds. The van der Waals surface area contributed by atoms with E-state index in [1.54, 1.807) is 24.3 Å². The van der Waals surface area contributed by atoms with Gasteiger partial charge in [0.2, 0.25) is 0 Å². The van der Waals surface area contributed by atoms with Crippen molar-refractivity contribution in [3.8, 4) is 0 Å². The monoisotopic (exact) mass is 415 g/mol. The molecule has 1 N–H and O–H groups in total. The van der Waals surface area contributed by atoms with Gasteiger partial charge in [0, 0.05) is 9.26 Å². The normalized spacial score (nSPS) is 11.3. The second-order valence-corrected chi connectivity index (χ2v) is 7.79. The van der Waals surface area contributed by atoms with Crippen LogP contribution < -0.4 is 4.72 Å². The van der Waals surface area contributed by atoms with E-state index in [2.05, 4.69) is 34.2 Å². The quantitative estimate of drug-likeness (QED) is 0.710. The number of nitrogens with one attached hydrogen (secondary N) is 1. The average molecular weight is 415 g/mol. The van der Waals surface area contributed by atoms with E-state index in [1.807, 2.05) is 24.3 Å². The van der Waals surface area contributed by atoms with Gasteiger partial charge in [0.1, 0.15) is 0 Å². The second kappa shape index (κ2) is 7.26. The van der Waals surface area contributed by atoms with Crippen molar-refractivity contribution < 1.29 is 8.42 Å². The van der Waals surface area contributed by atoms with Gasteiger partial charge in [0.15, 0.2) is 0 Å². The van der Waals surface area contributed by atoms with Crippen LogP contribution in [0, 0.1) is 3.57 Å². The van der Waals surface area contributed by atoms with Crippen LogP contribution in [-0.4, -0.2) is 8.42 Å². The molecule has 2 aromatic carbocycles. The Kier molecular flexibility index (Phi) is 5.64. The first-order valence-corrected chi connectivity index (χ1v) is 9.45. The van der Waals surface area contributed by atoms with E-state index < -0.39 is 10.0 Å². The summed E-state index contributed by atoms with van der Waals surface area (Å²) in [5.41, 5.74) is 1.75. The van der Waals surface area contributed by atoms with Gasteiger partial charge in [-0.25, -0.2) is 8.42 Å². The van der Waals surface area contributed by atoms with Gasteiger partial charge in [-0.2, -0.15) is 0 Å². The maximum atomic E-state index is 12.3. The number of anilines is 1. The molecule has 0 spiro atoms. The summed E-state index contributed by atoms with van der Waals surface area (Å²) < 4.78 is 28.3. The highest BCUT2D eigenvalue weighted by atomic mass is 127. The molecule has 0 heterocycles. The Morgan fingerprint density at radius 2 is 1.62 bits per heavy atom. The first-order valence-electron chi connectivity index (χ1n) is 6.88. The van der Waals surface area contributed by atoms with Crippen LogP contribution in [0.1, 0.15) is 25.3 Å². The van der Waals surface area contributed by atoms with Crippen LogP contribution in [0.5, 0.6) is 0 Å². The van der Waals surface area contributed by atoms with Crippen LogP contribution in [0.25, 0.3) is 0 Å². The van der Waals surface area contributed by atoms with Crippen molar-refractivity contribution in [1.29, 1.82) is 0 Å². The molecule has 112 valence electrons. The first kappa shape index (κ1) is 16.3. The largest absolute Gasteiger partial charge is 0.280 e. The molecule has 0 radical (unpaired) electrons. The molecule has 0 aliphatic rings. The van der Waals surface area contributed by atoms with E-state index in [4.69, 9.17) is 0 Å². The summed E-state index contributed by atoms with van der Waals surface area (Å²) in [6, 6.07) is 14.4. The van der Waals surface area contributed by atoms with Gasteiger partial charge >= 0.3 is 0 Å². The summed E-state index contributed by atoms with van der Waals surface area (Å²) in [5, 5.41) is 0. The van der Waals surface area contributed by atoms with Gasteiger partial charge in [0.05, 0.1) is 4.90 Å². The van der Waals surface area contributed by atoms with E-state index >= 15 is 0 Å². The molecule has 5 heteroatoms. The highest BCUT2D eigenvalue weighted by molar-refractivity contribution is 14.1. The van der Waals surface area contributed by atoms with Crippen molar-refractivity contribution in [3.05, 3.63) is 57.7 Å². The molecule has 0 aliphatic carbocycles. The van der Waals surface area contributed by atoms with Crippen molar-refractivity contribution in [2.75, 3.05) is 4.72 Å². The third-order valence-corrected chi connectivity index (χ3v) is 5.27. The lowest BCUT2D eigenvalue weighted by Gasteiger charge is -2.09. The molecule has 3 nitrogen and oxygen atoms in total. The Labute approximate surface area is 140 Å². The molecule has 0 unspecified atom stereocenters. The fourth-order valence-electron chi connectivity index (χ4n) is 1.95. The summed E-state index contributed by atoms with van der Waals surface area (Å²) in [7, 11) is -3.52. The smallest absolute Gasteiger partial charge is 0.261 e. The van der Waals surface area contributed by atoms with Crippen molar-refractivity contribution in [1.82, 2.24) is 0 Å². The van der Waals surface area contributed by atoms with Gasteiger partial charge in [0.25, 0.3) is 10.0 Å². The zero-order valence-corrected chi connectivity index (χ0v) is 14.8. The Morgan fingerprint density at radius 1 is 1.00 bits per heavy atom. The number of rotatable bonds is 6. The molecular formula is C16H18INO2S. The molecule has 0 atom stereocenters. The SMILES string of the molecule is CCCCc1ccc(S(=O)(=O)Nc2ccc(I)cc2)cc1. The third kappa shape index (κ3) is 4.71. The number of sulfonamides is 1. The standard InChI is InChI=1S/C16H18INO2S/c1-2-3-4-13-5-11-16(12-6-13)21(19,20)18-15-9-7-14(17)8-10-15/h5-12,18H,2-4H2,1H3. The predicted molar refractivity (Wildman–Crippen MR) is 95.0 cm³/mol. The number of benzene rings is 2. The molecule has 0 saturated heterocycles. The summed E-state index contributed by atoms with van der Waals surface area (Å²) >= 11 is 2.18. The maximum Gasteiger partial charge on any atom is 0.261 e. The highest BCUT2D eigenvalue weighted by Crippen LogP contribution is 2.18. The molecule has 0 fully saturated rings. The predicted octanol–water partition coefficient (Wildman–Crippen LogP) is 4.43. The summed E-state index contributed by atoms with van der Waals surface area (Å²) in [5.74, 6) is 0. The molecule has 2 aromatic rings. The van der Waals surface area contributed by atoms with Crippen molar-refractivity contribution in [2.45, 2.75) is 31.1 Å². The van der Waals surface area contributed by atoms with Gasteiger partial charge in [-0.15, -0.1) is 0 Å². The van der Waals surface area contributed by atoms with Crippen LogP contribution in [0.4, 0.5) is 5.69 Å². The number of aryl methyl sites for hydroxylation is 1. The fraction of sp³-hybridized carbons (Fsp3) is 0.250. The minimum atomic E-state index is -3.52. The average Bonchev–Trinajstić information content (AvgIpc) is 2.48. The van der Waals surface area contributed by atoms with E-state index in [0.29, 0.717) is 10.6 Å². The molecule has 0 aliphatic heterocycles. The van der Waals surface area contributed by atoms with E-state index in [-0.39, 0.29) is 0 Å². The van der Waals surface area contributed by atoms with Gasteiger partial charge < -0.3 is 0 Å². The van der Waals surface area contributed by atoms with Crippen molar-refractivity contribution >= 4 is 38.3 Å². The topological polar surface area (TPSA) is 46.2 Å². The maximum absolute atomic E-state index is 12.3. The summed E-state index contributed by atoms with van der Waals surface area (Å²) in [4.78, 5) is 0.293. The second-order valence-electron chi connectivity index (χ2n) is 4.86. The summed E-state index contributed by atoms with van der Waals surface area (Å²) in [6.45, 7) is 2.14. The minimum Gasteiger partial charge on any atom is -0.280 e. The lowest BCUT2D eigenvalue weighted by Crippen LogP contribution is -2.12. The number of hydrogen-bond donors (Lipinski definition) is 1. The Balaban J connectivity index is 2.13. The van der Waals surface area contributed by atoms with Gasteiger partial charge in [-0.1, -0.05) is 25.5 Å². The molecule has 21 heavy (non-hydrogen) atoms. The van der Waals surface area contributed by atoms with E-state index in [0.717, 1.165) is 22.8 Å². The Hall–Kier alpha value is -1.08. The summed E-state index contributed by atoms with van der Waals surface area (Å²) in [6.07, 6.45) is 3.24. The number of unbranched alkanes of at least 4 members (excludes halogenated alkanes) is 1. The van der Waals surface area contributed by atoms with Crippen LogP contribution in [0.2, 0.25) is 0 Å². The molecule has 0 bridgehead atoms. The number of halogens is 1. The highest BCUT2D eigenvalue weighted by Gasteiger charge is 2.13. The molecule has 0 aromatic heterocycles. The molecule has 0 saturated carbocycles. The number of hydrogen-bond acceptors (Lipinski definition) is 2. The van der Waals surface area contributed by atoms with E-state index in [1.165, 1.54) is 5.56 Å². The first-order chi connectivity index (χ1) is 10.0. The Bertz CT molecular complexity index is 679. The van der Waals surface area contributed by atoms with Gasteiger partial charge in [-0.05, 0) is 77.4 Å². The van der Waals surface area contributed by atoms with Crippen molar-refractivity contribution in [3.63, 3.8) is 0 Å². The minimum absolute atomic E-state index is 0.293. The Morgan fingerprint density at radius 3 is 2.19 bits per heavy atom. The molecule has 2 rings (SSSR count). The lowest BCUT2D eigenvalue weighted by molar-refractivity contribution is 0.601. The van der Waals surface area contributed by atoms with Crippen LogP contribution >= 0.6 is 22.6 Å². The van der Waals surface area contributed by atoms with Crippen LogP contribution in [0.3, 0.4) is 0 Å².